The lowest BCUT2D eigenvalue weighted by atomic mass is 10.1. The van der Waals surface area contributed by atoms with E-state index >= 15 is 0 Å². The van der Waals surface area contributed by atoms with Crippen molar-refractivity contribution in [2.45, 2.75) is 12.8 Å². The molecule has 0 saturated heterocycles. The fourth-order valence-corrected chi connectivity index (χ4v) is 2.03. The van der Waals surface area contributed by atoms with E-state index in [9.17, 15) is 0 Å². The summed E-state index contributed by atoms with van der Waals surface area (Å²) < 4.78 is 2.05. The monoisotopic (exact) mass is 223 g/mol. The summed E-state index contributed by atoms with van der Waals surface area (Å²) in [5, 5.41) is 0. The molecule has 0 aliphatic rings. The molecular formula is C14H13N3. The van der Waals surface area contributed by atoms with Crippen molar-refractivity contribution >= 4 is 5.65 Å². The van der Waals surface area contributed by atoms with Crippen LogP contribution in [0.4, 0.5) is 0 Å². The first-order chi connectivity index (χ1) is 8.43. The molecule has 84 valence electrons. The van der Waals surface area contributed by atoms with Crippen LogP contribution in [0.15, 0.2) is 55.2 Å². The van der Waals surface area contributed by atoms with E-state index in [1.807, 2.05) is 30.9 Å². The molecule has 0 bridgehead atoms. The fraction of sp³-hybridized carbons (Fsp3) is 0.143. The summed E-state index contributed by atoms with van der Waals surface area (Å²) in [4.78, 5) is 8.51. The molecule has 3 rings (SSSR count). The van der Waals surface area contributed by atoms with Crippen LogP contribution < -0.4 is 0 Å². The molecule has 3 aromatic heterocycles. The Balaban J connectivity index is 1.84. The zero-order valence-corrected chi connectivity index (χ0v) is 9.45. The molecule has 0 spiro atoms. The molecule has 0 N–H and O–H groups in total. The molecule has 3 aromatic rings. The van der Waals surface area contributed by atoms with Gasteiger partial charge >= 0.3 is 0 Å². The van der Waals surface area contributed by atoms with Crippen molar-refractivity contribution in [1.82, 2.24) is 14.4 Å². The molecule has 0 amide bonds. The summed E-state index contributed by atoms with van der Waals surface area (Å²) in [5.74, 6) is 0. The maximum absolute atomic E-state index is 4.38. The summed E-state index contributed by atoms with van der Waals surface area (Å²) in [6, 6.07) is 8.29. The van der Waals surface area contributed by atoms with Crippen molar-refractivity contribution in [1.29, 1.82) is 0 Å². The van der Waals surface area contributed by atoms with E-state index in [1.165, 1.54) is 11.1 Å². The van der Waals surface area contributed by atoms with Crippen LogP contribution in [-0.2, 0) is 12.8 Å². The number of rotatable bonds is 3. The van der Waals surface area contributed by atoms with Gasteiger partial charge < -0.3 is 4.40 Å². The maximum atomic E-state index is 4.38. The van der Waals surface area contributed by atoms with Crippen LogP contribution in [0.2, 0.25) is 0 Å². The Morgan fingerprint density at radius 1 is 1.00 bits per heavy atom. The Bertz CT molecular complexity index is 613. The first kappa shape index (κ1) is 10.0. The topological polar surface area (TPSA) is 30.2 Å². The van der Waals surface area contributed by atoms with Gasteiger partial charge in [0.15, 0.2) is 0 Å². The van der Waals surface area contributed by atoms with E-state index in [0.717, 1.165) is 18.5 Å². The second kappa shape index (κ2) is 4.37. The molecule has 0 saturated carbocycles. The van der Waals surface area contributed by atoms with E-state index in [2.05, 4.69) is 32.6 Å². The Morgan fingerprint density at radius 3 is 2.88 bits per heavy atom. The van der Waals surface area contributed by atoms with Crippen LogP contribution in [0.1, 0.15) is 11.1 Å². The molecule has 17 heavy (non-hydrogen) atoms. The van der Waals surface area contributed by atoms with Crippen LogP contribution in [0, 0.1) is 0 Å². The van der Waals surface area contributed by atoms with Crippen molar-refractivity contribution < 1.29 is 0 Å². The normalized spacial score (nSPS) is 10.8. The Hall–Kier alpha value is -2.16. The fourth-order valence-electron chi connectivity index (χ4n) is 2.03. The summed E-state index contributed by atoms with van der Waals surface area (Å²) >= 11 is 0. The molecule has 0 aliphatic carbocycles. The van der Waals surface area contributed by atoms with Crippen molar-refractivity contribution in [3.05, 3.63) is 66.4 Å². The SMILES string of the molecule is c1cncc(CCc2cccn3ccnc23)c1. The van der Waals surface area contributed by atoms with Gasteiger partial charge in [-0.2, -0.15) is 0 Å². The first-order valence-corrected chi connectivity index (χ1v) is 5.73. The first-order valence-electron chi connectivity index (χ1n) is 5.73. The number of hydrogen-bond acceptors (Lipinski definition) is 2. The van der Waals surface area contributed by atoms with Gasteiger partial charge in [-0.25, -0.2) is 4.98 Å². The molecule has 0 aromatic carbocycles. The van der Waals surface area contributed by atoms with Crippen LogP contribution >= 0.6 is 0 Å². The highest BCUT2D eigenvalue weighted by atomic mass is 15.0. The number of pyridine rings is 2. The summed E-state index contributed by atoms with van der Waals surface area (Å²) in [7, 11) is 0. The van der Waals surface area contributed by atoms with Gasteiger partial charge in [0.2, 0.25) is 0 Å². The van der Waals surface area contributed by atoms with Gasteiger partial charge in [-0.3, -0.25) is 4.98 Å². The van der Waals surface area contributed by atoms with Crippen molar-refractivity contribution in [3.63, 3.8) is 0 Å². The molecule has 0 aliphatic heterocycles. The molecular weight excluding hydrogens is 210 g/mol. The Kier molecular flexibility index (Phi) is 2.58. The summed E-state index contributed by atoms with van der Waals surface area (Å²) in [5.41, 5.74) is 3.60. The number of imidazole rings is 1. The van der Waals surface area contributed by atoms with Crippen molar-refractivity contribution in [2.75, 3.05) is 0 Å². The maximum Gasteiger partial charge on any atom is 0.139 e. The second-order valence-electron chi connectivity index (χ2n) is 4.05. The summed E-state index contributed by atoms with van der Waals surface area (Å²) in [6.07, 6.45) is 11.6. The highest BCUT2D eigenvalue weighted by Gasteiger charge is 2.02. The number of hydrogen-bond donors (Lipinski definition) is 0. The van der Waals surface area contributed by atoms with Gasteiger partial charge in [-0.1, -0.05) is 12.1 Å². The zero-order chi connectivity index (χ0) is 11.5. The highest BCUT2D eigenvalue weighted by molar-refractivity contribution is 5.47. The second-order valence-corrected chi connectivity index (χ2v) is 4.05. The van der Waals surface area contributed by atoms with Gasteiger partial charge in [0.05, 0.1) is 0 Å². The van der Waals surface area contributed by atoms with E-state index < -0.39 is 0 Å². The third-order valence-electron chi connectivity index (χ3n) is 2.91. The standard InChI is InChI=1S/C14H13N3/c1-3-12(11-15-7-1)5-6-13-4-2-9-17-10-8-16-14(13)17/h1-4,7-11H,5-6H2. The average Bonchev–Trinajstić information content (AvgIpc) is 2.86. The number of fused-ring (bicyclic) bond motifs is 1. The van der Waals surface area contributed by atoms with E-state index in [1.54, 1.807) is 6.20 Å². The Morgan fingerprint density at radius 2 is 2.00 bits per heavy atom. The van der Waals surface area contributed by atoms with Gasteiger partial charge in [0, 0.05) is 31.0 Å². The zero-order valence-electron chi connectivity index (χ0n) is 9.45. The van der Waals surface area contributed by atoms with Crippen molar-refractivity contribution in [2.24, 2.45) is 0 Å². The largest absolute Gasteiger partial charge is 0.307 e. The van der Waals surface area contributed by atoms with Crippen LogP contribution in [0.3, 0.4) is 0 Å². The molecule has 3 nitrogen and oxygen atoms in total. The predicted octanol–water partition coefficient (Wildman–Crippen LogP) is 2.51. The van der Waals surface area contributed by atoms with Crippen molar-refractivity contribution in [3.8, 4) is 0 Å². The van der Waals surface area contributed by atoms with Gasteiger partial charge in [0.25, 0.3) is 0 Å². The van der Waals surface area contributed by atoms with Gasteiger partial charge in [0.1, 0.15) is 5.65 Å². The van der Waals surface area contributed by atoms with Crippen LogP contribution in [0.25, 0.3) is 5.65 Å². The smallest absolute Gasteiger partial charge is 0.139 e. The molecule has 3 heteroatoms. The van der Waals surface area contributed by atoms with E-state index in [0.29, 0.717) is 0 Å². The van der Waals surface area contributed by atoms with Crippen LogP contribution in [0.5, 0.6) is 0 Å². The molecule has 3 heterocycles. The van der Waals surface area contributed by atoms with Gasteiger partial charge in [-0.05, 0) is 36.1 Å². The number of nitrogens with zero attached hydrogens (tertiary/aromatic N) is 3. The molecule has 0 radical (unpaired) electrons. The van der Waals surface area contributed by atoms with Gasteiger partial charge in [-0.15, -0.1) is 0 Å². The quantitative estimate of drug-likeness (QED) is 0.683. The summed E-state index contributed by atoms with van der Waals surface area (Å²) in [6.45, 7) is 0. The number of aryl methyl sites for hydroxylation is 2. The van der Waals surface area contributed by atoms with E-state index in [4.69, 9.17) is 0 Å². The third kappa shape index (κ3) is 2.04. The minimum absolute atomic E-state index is 0.993. The van der Waals surface area contributed by atoms with E-state index in [-0.39, 0.29) is 0 Å². The average molecular weight is 223 g/mol. The lowest BCUT2D eigenvalue weighted by Gasteiger charge is -2.03. The molecule has 0 unspecified atom stereocenters. The molecule has 0 fully saturated rings. The molecule has 0 atom stereocenters. The Labute approximate surface area is 99.8 Å². The number of aromatic nitrogens is 3. The third-order valence-corrected chi connectivity index (χ3v) is 2.91. The highest BCUT2D eigenvalue weighted by Crippen LogP contribution is 2.11. The predicted molar refractivity (Wildman–Crippen MR) is 66.8 cm³/mol. The lowest BCUT2D eigenvalue weighted by Crippen LogP contribution is -1.95. The van der Waals surface area contributed by atoms with Crippen LogP contribution in [-0.4, -0.2) is 14.4 Å². The minimum Gasteiger partial charge on any atom is -0.307 e. The minimum atomic E-state index is 0.993. The lowest BCUT2D eigenvalue weighted by molar-refractivity contribution is 0.943.